The number of esters is 1. The lowest BCUT2D eigenvalue weighted by Gasteiger charge is -2.37. The number of fused-ring (bicyclic) bond motifs is 1. The van der Waals surface area contributed by atoms with Gasteiger partial charge in [-0.05, 0) is 44.9 Å². The van der Waals surface area contributed by atoms with Gasteiger partial charge in [0, 0.05) is 18.8 Å². The molecule has 0 spiro atoms. The van der Waals surface area contributed by atoms with E-state index < -0.39 is 10.0 Å². The lowest BCUT2D eigenvalue weighted by molar-refractivity contribution is -0.147. The first-order valence-corrected chi connectivity index (χ1v) is 11.5. The number of aryl methyl sites for hydroxylation is 1. The average molecular weight is 444 g/mol. The maximum Gasteiger partial charge on any atom is 0.310 e. The number of ether oxygens (including phenoxy) is 1. The Balaban J connectivity index is 1.66. The summed E-state index contributed by atoms with van der Waals surface area (Å²) in [7, 11) is -2.41. The standard InChI is InChI=1S/C21H25N5O4S/c1-14-4-8-17(9-5-14)31(28,29)26-11-10-18-19(22-13-23-20(18)26)24-25-12-16(21(27)30-3)7-6-15(25)2/h4-5,8-11,13,15-16H,6-7,12H2,1-3H3,(H,22,23,24). The van der Waals surface area contributed by atoms with Crippen molar-refractivity contribution in [2.45, 2.75) is 37.6 Å². The van der Waals surface area contributed by atoms with Gasteiger partial charge in [0.05, 0.1) is 23.3 Å². The molecule has 4 rings (SSSR count). The molecule has 164 valence electrons. The predicted molar refractivity (Wildman–Crippen MR) is 116 cm³/mol. The van der Waals surface area contributed by atoms with Crippen LogP contribution in [0, 0.1) is 12.8 Å². The van der Waals surface area contributed by atoms with Gasteiger partial charge in [0.1, 0.15) is 6.33 Å². The van der Waals surface area contributed by atoms with Crippen molar-refractivity contribution in [1.82, 2.24) is 18.9 Å². The number of benzene rings is 1. The zero-order valence-corrected chi connectivity index (χ0v) is 18.5. The number of methoxy groups -OCH3 is 1. The van der Waals surface area contributed by atoms with Crippen LogP contribution >= 0.6 is 0 Å². The molecule has 1 N–H and O–H groups in total. The molecule has 3 heterocycles. The van der Waals surface area contributed by atoms with E-state index in [-0.39, 0.29) is 28.5 Å². The molecular formula is C21H25N5O4S. The molecule has 3 aromatic rings. The smallest absolute Gasteiger partial charge is 0.310 e. The Morgan fingerprint density at radius 3 is 2.61 bits per heavy atom. The van der Waals surface area contributed by atoms with Gasteiger partial charge in [-0.1, -0.05) is 17.7 Å². The van der Waals surface area contributed by atoms with Gasteiger partial charge >= 0.3 is 5.97 Å². The van der Waals surface area contributed by atoms with E-state index in [1.165, 1.54) is 19.6 Å². The number of nitrogens with one attached hydrogen (secondary N) is 1. The molecule has 9 nitrogen and oxygen atoms in total. The van der Waals surface area contributed by atoms with Crippen molar-refractivity contribution in [2.24, 2.45) is 5.92 Å². The summed E-state index contributed by atoms with van der Waals surface area (Å²) in [5, 5.41) is 2.52. The van der Waals surface area contributed by atoms with Gasteiger partial charge in [0.2, 0.25) is 0 Å². The van der Waals surface area contributed by atoms with E-state index in [1.54, 1.807) is 30.3 Å². The van der Waals surface area contributed by atoms with Gasteiger partial charge in [0.25, 0.3) is 10.0 Å². The van der Waals surface area contributed by atoms with Crippen molar-refractivity contribution in [1.29, 1.82) is 0 Å². The zero-order chi connectivity index (χ0) is 22.2. The maximum atomic E-state index is 13.1. The summed E-state index contributed by atoms with van der Waals surface area (Å²) in [6.07, 6.45) is 4.40. The number of piperidine rings is 1. The van der Waals surface area contributed by atoms with Crippen LogP contribution in [0.4, 0.5) is 5.82 Å². The first-order chi connectivity index (χ1) is 14.8. The first kappa shape index (κ1) is 21.3. The fourth-order valence-electron chi connectivity index (χ4n) is 3.79. The van der Waals surface area contributed by atoms with Crippen molar-refractivity contribution in [2.75, 3.05) is 19.1 Å². The molecule has 0 amide bonds. The van der Waals surface area contributed by atoms with Gasteiger partial charge < -0.3 is 10.2 Å². The van der Waals surface area contributed by atoms with Crippen molar-refractivity contribution in [3.63, 3.8) is 0 Å². The predicted octanol–water partition coefficient (Wildman–Crippen LogP) is 2.58. The normalized spacial score (nSPS) is 20.0. The molecule has 0 aliphatic carbocycles. The lowest BCUT2D eigenvalue weighted by Crippen LogP contribution is -2.47. The number of nitrogens with zero attached hydrogens (tertiary/aromatic N) is 4. The number of anilines is 1. The highest BCUT2D eigenvalue weighted by atomic mass is 32.2. The molecule has 31 heavy (non-hydrogen) atoms. The van der Waals surface area contributed by atoms with Crippen LogP contribution in [0.3, 0.4) is 0 Å². The highest BCUT2D eigenvalue weighted by molar-refractivity contribution is 7.90. The van der Waals surface area contributed by atoms with E-state index in [0.717, 1.165) is 22.4 Å². The van der Waals surface area contributed by atoms with Gasteiger partial charge in [-0.25, -0.2) is 27.4 Å². The fraction of sp³-hybridized carbons (Fsp3) is 0.381. The van der Waals surface area contributed by atoms with E-state index in [0.29, 0.717) is 17.7 Å². The van der Waals surface area contributed by atoms with E-state index in [2.05, 4.69) is 22.3 Å². The summed E-state index contributed by atoms with van der Waals surface area (Å²) in [6, 6.07) is 8.53. The van der Waals surface area contributed by atoms with Crippen LogP contribution < -0.4 is 5.43 Å². The Hall–Kier alpha value is -2.98. The first-order valence-electron chi connectivity index (χ1n) is 10.1. The van der Waals surface area contributed by atoms with Gasteiger partial charge in [0.15, 0.2) is 11.5 Å². The molecule has 1 aliphatic rings. The van der Waals surface area contributed by atoms with Crippen LogP contribution in [-0.2, 0) is 19.6 Å². The minimum Gasteiger partial charge on any atom is -0.469 e. The minimum atomic E-state index is -3.80. The third-order valence-corrected chi connectivity index (χ3v) is 7.37. The second-order valence-corrected chi connectivity index (χ2v) is 9.61. The Morgan fingerprint density at radius 1 is 1.16 bits per heavy atom. The second kappa shape index (κ2) is 8.27. The Bertz CT molecular complexity index is 1210. The monoisotopic (exact) mass is 443 g/mol. The van der Waals surface area contributed by atoms with Crippen LogP contribution in [0.1, 0.15) is 25.3 Å². The summed E-state index contributed by atoms with van der Waals surface area (Å²) in [4.78, 5) is 20.7. The van der Waals surface area contributed by atoms with Gasteiger partial charge in [-0.3, -0.25) is 4.79 Å². The summed E-state index contributed by atoms with van der Waals surface area (Å²) < 4.78 is 32.3. The summed E-state index contributed by atoms with van der Waals surface area (Å²) in [5.41, 5.74) is 4.52. The maximum absolute atomic E-state index is 13.1. The van der Waals surface area contributed by atoms with E-state index in [1.807, 2.05) is 11.9 Å². The third kappa shape index (κ3) is 4.00. The molecule has 1 saturated heterocycles. The Labute approximate surface area is 181 Å². The number of carbonyl (C=O) groups is 1. The quantitative estimate of drug-likeness (QED) is 0.600. The van der Waals surface area contributed by atoms with Crippen LogP contribution in [0.15, 0.2) is 47.8 Å². The number of rotatable bonds is 5. The molecule has 10 heteroatoms. The Morgan fingerprint density at radius 2 is 1.90 bits per heavy atom. The number of aromatic nitrogens is 3. The van der Waals surface area contributed by atoms with Crippen molar-refractivity contribution < 1.29 is 17.9 Å². The van der Waals surface area contributed by atoms with E-state index in [4.69, 9.17) is 4.74 Å². The summed E-state index contributed by atoms with van der Waals surface area (Å²) in [5.74, 6) is 0.0274. The molecule has 1 fully saturated rings. The summed E-state index contributed by atoms with van der Waals surface area (Å²) >= 11 is 0. The molecule has 1 aromatic carbocycles. The Kier molecular flexibility index (Phi) is 5.67. The molecule has 2 unspecified atom stereocenters. The molecule has 2 atom stereocenters. The van der Waals surface area contributed by atoms with E-state index in [9.17, 15) is 13.2 Å². The van der Waals surface area contributed by atoms with Crippen molar-refractivity contribution in [3.05, 3.63) is 48.4 Å². The van der Waals surface area contributed by atoms with Gasteiger partial charge in [-0.15, -0.1) is 0 Å². The highest BCUT2D eigenvalue weighted by Gasteiger charge is 2.31. The van der Waals surface area contributed by atoms with Crippen LogP contribution in [0.25, 0.3) is 11.0 Å². The van der Waals surface area contributed by atoms with Crippen LogP contribution in [0.2, 0.25) is 0 Å². The molecule has 2 aromatic heterocycles. The van der Waals surface area contributed by atoms with Crippen molar-refractivity contribution in [3.8, 4) is 0 Å². The summed E-state index contributed by atoms with van der Waals surface area (Å²) in [6.45, 7) is 4.44. The molecule has 0 saturated carbocycles. The molecule has 0 radical (unpaired) electrons. The SMILES string of the molecule is COC(=O)C1CCC(C)N(Nc2ncnc3c2ccn3S(=O)(=O)c2ccc(C)cc2)C1. The average Bonchev–Trinajstić information content (AvgIpc) is 3.21. The highest BCUT2D eigenvalue weighted by Crippen LogP contribution is 2.28. The lowest BCUT2D eigenvalue weighted by atomic mass is 9.95. The van der Waals surface area contributed by atoms with Crippen LogP contribution in [0.5, 0.6) is 0 Å². The topological polar surface area (TPSA) is 106 Å². The second-order valence-electron chi connectivity index (χ2n) is 7.80. The van der Waals surface area contributed by atoms with Gasteiger partial charge in [-0.2, -0.15) is 0 Å². The molecular weight excluding hydrogens is 418 g/mol. The number of hydrogen-bond acceptors (Lipinski definition) is 8. The van der Waals surface area contributed by atoms with Crippen LogP contribution in [-0.4, -0.2) is 53.0 Å². The number of carbonyl (C=O) groups excluding carboxylic acids is 1. The third-order valence-electron chi connectivity index (χ3n) is 5.69. The largest absolute Gasteiger partial charge is 0.469 e. The minimum absolute atomic E-state index is 0.171. The molecule has 0 bridgehead atoms. The number of hydrogen-bond donors (Lipinski definition) is 1. The fourth-order valence-corrected chi connectivity index (χ4v) is 5.09. The number of hydrazine groups is 1. The zero-order valence-electron chi connectivity index (χ0n) is 17.6. The molecule has 1 aliphatic heterocycles. The van der Waals surface area contributed by atoms with Crippen molar-refractivity contribution >= 4 is 32.8 Å². The van der Waals surface area contributed by atoms with E-state index >= 15 is 0 Å².